The molecular formula is C12H12BrNO2. The first-order valence-electron chi connectivity index (χ1n) is 5.03. The maximum absolute atomic E-state index is 11.3. The molecule has 1 aromatic rings. The highest BCUT2D eigenvalue weighted by Crippen LogP contribution is 2.13. The molecule has 0 aromatic heterocycles. The second-order valence-corrected chi connectivity index (χ2v) is 4.05. The van der Waals surface area contributed by atoms with Crippen molar-refractivity contribution >= 4 is 21.9 Å². The Hall–Kier alpha value is -1.34. The molecule has 16 heavy (non-hydrogen) atoms. The van der Waals surface area contributed by atoms with Crippen LogP contribution in [0, 0.1) is 11.3 Å². The molecule has 0 unspecified atom stereocenters. The van der Waals surface area contributed by atoms with Gasteiger partial charge in [-0.1, -0.05) is 15.9 Å². The van der Waals surface area contributed by atoms with Gasteiger partial charge in [-0.3, -0.25) is 4.79 Å². The number of ether oxygens (including phenoxy) is 1. The van der Waals surface area contributed by atoms with Crippen LogP contribution in [0.2, 0.25) is 0 Å². The fraction of sp³-hybridized carbons (Fsp3) is 0.333. The number of hydrogen-bond acceptors (Lipinski definition) is 3. The molecule has 0 heterocycles. The standard InChI is InChI=1S/C12H12BrNO2/c13-8-2-1-3-12(15)16-11-6-4-10(9-14)5-7-11/h4-7H,1-3,8H2. The number of alkyl halides is 1. The van der Waals surface area contributed by atoms with Gasteiger partial charge >= 0.3 is 5.97 Å². The molecular weight excluding hydrogens is 270 g/mol. The summed E-state index contributed by atoms with van der Waals surface area (Å²) < 4.78 is 5.10. The zero-order valence-corrected chi connectivity index (χ0v) is 10.4. The van der Waals surface area contributed by atoms with E-state index in [0.29, 0.717) is 17.7 Å². The van der Waals surface area contributed by atoms with Crippen molar-refractivity contribution in [2.45, 2.75) is 19.3 Å². The minimum atomic E-state index is -0.231. The van der Waals surface area contributed by atoms with Crippen molar-refractivity contribution in [1.82, 2.24) is 0 Å². The first-order chi connectivity index (χ1) is 7.76. The van der Waals surface area contributed by atoms with Gasteiger partial charge in [-0.2, -0.15) is 5.26 Å². The second-order valence-electron chi connectivity index (χ2n) is 3.26. The van der Waals surface area contributed by atoms with Crippen LogP contribution in [0.5, 0.6) is 5.75 Å². The third-order valence-electron chi connectivity index (χ3n) is 1.98. The Morgan fingerprint density at radius 3 is 2.56 bits per heavy atom. The Morgan fingerprint density at radius 1 is 1.31 bits per heavy atom. The van der Waals surface area contributed by atoms with E-state index >= 15 is 0 Å². The van der Waals surface area contributed by atoms with E-state index in [4.69, 9.17) is 10.00 Å². The van der Waals surface area contributed by atoms with Crippen LogP contribution in [0.25, 0.3) is 0 Å². The molecule has 0 aliphatic heterocycles. The highest BCUT2D eigenvalue weighted by molar-refractivity contribution is 9.09. The molecule has 0 atom stereocenters. The summed E-state index contributed by atoms with van der Waals surface area (Å²) in [4.78, 5) is 11.3. The van der Waals surface area contributed by atoms with E-state index < -0.39 is 0 Å². The van der Waals surface area contributed by atoms with Crippen LogP contribution in [0.1, 0.15) is 24.8 Å². The third kappa shape index (κ3) is 4.45. The molecule has 0 amide bonds. The van der Waals surface area contributed by atoms with Crippen LogP contribution in [0.15, 0.2) is 24.3 Å². The van der Waals surface area contributed by atoms with Gasteiger partial charge in [0.1, 0.15) is 5.75 Å². The average molecular weight is 282 g/mol. The average Bonchev–Trinajstić information content (AvgIpc) is 2.30. The number of nitriles is 1. The number of carbonyl (C=O) groups is 1. The molecule has 0 spiro atoms. The molecule has 0 fully saturated rings. The lowest BCUT2D eigenvalue weighted by molar-refractivity contribution is -0.134. The zero-order chi connectivity index (χ0) is 11.8. The van der Waals surface area contributed by atoms with Crippen molar-refractivity contribution in [3.8, 4) is 11.8 Å². The molecule has 1 rings (SSSR count). The van der Waals surface area contributed by atoms with E-state index in [1.54, 1.807) is 24.3 Å². The molecule has 0 saturated carbocycles. The Morgan fingerprint density at radius 2 is 2.00 bits per heavy atom. The monoisotopic (exact) mass is 281 g/mol. The van der Waals surface area contributed by atoms with Crippen LogP contribution >= 0.6 is 15.9 Å². The summed E-state index contributed by atoms with van der Waals surface area (Å²) in [5.41, 5.74) is 0.555. The molecule has 0 saturated heterocycles. The number of unbranched alkanes of at least 4 members (excludes halogenated alkanes) is 1. The molecule has 0 aliphatic carbocycles. The van der Waals surface area contributed by atoms with E-state index in [2.05, 4.69) is 15.9 Å². The highest BCUT2D eigenvalue weighted by Gasteiger charge is 2.04. The van der Waals surface area contributed by atoms with Crippen LogP contribution in [0.3, 0.4) is 0 Å². The predicted octanol–water partition coefficient (Wildman–Crippen LogP) is 3.03. The maximum atomic E-state index is 11.3. The highest BCUT2D eigenvalue weighted by atomic mass is 79.9. The summed E-state index contributed by atoms with van der Waals surface area (Å²) >= 11 is 3.30. The van der Waals surface area contributed by atoms with Crippen molar-refractivity contribution in [2.24, 2.45) is 0 Å². The van der Waals surface area contributed by atoms with Crippen molar-refractivity contribution in [3.63, 3.8) is 0 Å². The van der Waals surface area contributed by atoms with Crippen molar-refractivity contribution < 1.29 is 9.53 Å². The van der Waals surface area contributed by atoms with Gasteiger partial charge < -0.3 is 4.74 Å². The number of esters is 1. The van der Waals surface area contributed by atoms with E-state index in [-0.39, 0.29) is 5.97 Å². The number of nitrogens with zero attached hydrogens (tertiary/aromatic N) is 1. The Labute approximate surface area is 103 Å². The van der Waals surface area contributed by atoms with E-state index in [9.17, 15) is 4.79 Å². The minimum Gasteiger partial charge on any atom is -0.427 e. The van der Waals surface area contributed by atoms with Gasteiger partial charge in [-0.15, -0.1) is 0 Å². The van der Waals surface area contributed by atoms with Crippen molar-refractivity contribution in [3.05, 3.63) is 29.8 Å². The molecule has 0 N–H and O–H groups in total. The van der Waals surface area contributed by atoms with Gasteiger partial charge in [0, 0.05) is 11.8 Å². The van der Waals surface area contributed by atoms with Gasteiger partial charge in [0.25, 0.3) is 0 Å². The number of halogens is 1. The molecule has 4 heteroatoms. The van der Waals surface area contributed by atoms with Gasteiger partial charge in [0.2, 0.25) is 0 Å². The first kappa shape index (κ1) is 12.7. The maximum Gasteiger partial charge on any atom is 0.311 e. The zero-order valence-electron chi connectivity index (χ0n) is 8.78. The summed E-state index contributed by atoms with van der Waals surface area (Å²) in [5.74, 6) is 0.258. The molecule has 84 valence electrons. The number of carbonyl (C=O) groups excluding carboxylic acids is 1. The second kappa shape index (κ2) is 7.02. The van der Waals surface area contributed by atoms with Crippen LogP contribution in [-0.4, -0.2) is 11.3 Å². The number of rotatable bonds is 5. The summed E-state index contributed by atoms with van der Waals surface area (Å²) in [7, 11) is 0. The van der Waals surface area contributed by atoms with Crippen molar-refractivity contribution in [1.29, 1.82) is 5.26 Å². The summed E-state index contributed by atoms with van der Waals surface area (Å²) in [6, 6.07) is 8.51. The number of hydrogen-bond donors (Lipinski definition) is 0. The van der Waals surface area contributed by atoms with Gasteiger partial charge in [-0.05, 0) is 37.1 Å². The summed E-state index contributed by atoms with van der Waals surface area (Å²) in [6.45, 7) is 0. The normalized spacial score (nSPS) is 9.50. The lowest BCUT2D eigenvalue weighted by Crippen LogP contribution is -2.07. The van der Waals surface area contributed by atoms with Crippen molar-refractivity contribution in [2.75, 3.05) is 5.33 Å². The van der Waals surface area contributed by atoms with Gasteiger partial charge in [-0.25, -0.2) is 0 Å². The molecule has 1 aromatic carbocycles. The lowest BCUT2D eigenvalue weighted by atomic mass is 10.2. The van der Waals surface area contributed by atoms with Crippen LogP contribution < -0.4 is 4.74 Å². The summed E-state index contributed by atoms with van der Waals surface area (Å²) in [6.07, 6.45) is 2.20. The first-order valence-corrected chi connectivity index (χ1v) is 6.15. The lowest BCUT2D eigenvalue weighted by Gasteiger charge is -2.03. The van der Waals surface area contributed by atoms with E-state index in [0.717, 1.165) is 18.2 Å². The minimum absolute atomic E-state index is 0.231. The molecule has 0 bridgehead atoms. The molecule has 3 nitrogen and oxygen atoms in total. The SMILES string of the molecule is N#Cc1ccc(OC(=O)CCCCBr)cc1. The predicted molar refractivity (Wildman–Crippen MR) is 64.4 cm³/mol. The quantitative estimate of drug-likeness (QED) is 0.361. The third-order valence-corrected chi connectivity index (χ3v) is 2.54. The topological polar surface area (TPSA) is 50.1 Å². The van der Waals surface area contributed by atoms with Crippen LogP contribution in [0.4, 0.5) is 0 Å². The smallest absolute Gasteiger partial charge is 0.311 e. The van der Waals surface area contributed by atoms with Gasteiger partial charge in [0.05, 0.1) is 11.6 Å². The summed E-state index contributed by atoms with van der Waals surface area (Å²) in [5, 5.41) is 9.49. The van der Waals surface area contributed by atoms with Gasteiger partial charge in [0.15, 0.2) is 0 Å². The fourth-order valence-electron chi connectivity index (χ4n) is 1.14. The fourth-order valence-corrected chi connectivity index (χ4v) is 1.54. The molecule has 0 radical (unpaired) electrons. The molecule has 0 aliphatic rings. The Kier molecular flexibility index (Phi) is 5.58. The largest absolute Gasteiger partial charge is 0.427 e. The van der Waals surface area contributed by atoms with Crippen LogP contribution in [-0.2, 0) is 4.79 Å². The van der Waals surface area contributed by atoms with E-state index in [1.807, 2.05) is 6.07 Å². The Bertz CT molecular complexity index is 381. The number of benzene rings is 1. The Balaban J connectivity index is 2.41. The van der Waals surface area contributed by atoms with E-state index in [1.165, 1.54) is 0 Å².